The maximum absolute atomic E-state index is 5.64. The lowest BCUT2D eigenvalue weighted by Crippen LogP contribution is -2.12. The van der Waals surface area contributed by atoms with E-state index in [2.05, 4.69) is 17.9 Å². The van der Waals surface area contributed by atoms with Gasteiger partial charge in [-0.25, -0.2) is 0 Å². The molecule has 1 aromatic rings. The molecular formula is C13H15NO. The Bertz CT molecular complexity index is 412. The van der Waals surface area contributed by atoms with Gasteiger partial charge in [0.25, 0.3) is 0 Å². The van der Waals surface area contributed by atoms with Gasteiger partial charge in [-0.2, -0.15) is 0 Å². The SMILES string of the molecule is CC(N)C#Cc1cccc2c1OCCC2. The Labute approximate surface area is 90.4 Å². The van der Waals surface area contributed by atoms with Crippen LogP contribution in [-0.4, -0.2) is 12.6 Å². The van der Waals surface area contributed by atoms with E-state index in [1.54, 1.807) is 0 Å². The molecule has 2 rings (SSSR count). The first kappa shape index (κ1) is 10.1. The molecule has 2 N–H and O–H groups in total. The first-order valence-corrected chi connectivity index (χ1v) is 5.29. The van der Waals surface area contributed by atoms with E-state index in [4.69, 9.17) is 10.5 Å². The zero-order valence-corrected chi connectivity index (χ0v) is 8.92. The van der Waals surface area contributed by atoms with Crippen molar-refractivity contribution in [3.63, 3.8) is 0 Å². The summed E-state index contributed by atoms with van der Waals surface area (Å²) >= 11 is 0. The number of fused-ring (bicyclic) bond motifs is 1. The van der Waals surface area contributed by atoms with Crippen LogP contribution in [0.5, 0.6) is 5.75 Å². The van der Waals surface area contributed by atoms with Crippen molar-refractivity contribution in [3.8, 4) is 17.6 Å². The molecule has 1 atom stereocenters. The van der Waals surface area contributed by atoms with E-state index >= 15 is 0 Å². The molecule has 1 aliphatic heterocycles. The Morgan fingerprint density at radius 3 is 3.13 bits per heavy atom. The molecule has 0 aromatic heterocycles. The largest absolute Gasteiger partial charge is 0.492 e. The van der Waals surface area contributed by atoms with Gasteiger partial charge in [0.1, 0.15) is 5.75 Å². The average molecular weight is 201 g/mol. The van der Waals surface area contributed by atoms with Gasteiger partial charge in [-0.15, -0.1) is 0 Å². The molecular weight excluding hydrogens is 186 g/mol. The molecule has 78 valence electrons. The number of aryl methyl sites for hydroxylation is 1. The van der Waals surface area contributed by atoms with Crippen LogP contribution in [-0.2, 0) is 6.42 Å². The van der Waals surface area contributed by atoms with E-state index in [0.29, 0.717) is 0 Å². The zero-order chi connectivity index (χ0) is 10.7. The van der Waals surface area contributed by atoms with Gasteiger partial charge in [0.15, 0.2) is 0 Å². The maximum Gasteiger partial charge on any atom is 0.138 e. The number of ether oxygens (including phenoxy) is 1. The fourth-order valence-corrected chi connectivity index (χ4v) is 1.68. The normalized spacial score (nSPS) is 15.6. The monoisotopic (exact) mass is 201 g/mol. The summed E-state index contributed by atoms with van der Waals surface area (Å²) in [4.78, 5) is 0. The molecule has 0 radical (unpaired) electrons. The van der Waals surface area contributed by atoms with Gasteiger partial charge >= 0.3 is 0 Å². The first-order valence-electron chi connectivity index (χ1n) is 5.29. The number of hydrogen-bond acceptors (Lipinski definition) is 2. The van der Waals surface area contributed by atoms with Crippen LogP contribution >= 0.6 is 0 Å². The van der Waals surface area contributed by atoms with Gasteiger partial charge in [-0.1, -0.05) is 24.0 Å². The Morgan fingerprint density at radius 1 is 1.47 bits per heavy atom. The Balaban J connectivity index is 2.36. The van der Waals surface area contributed by atoms with Crippen molar-refractivity contribution in [1.29, 1.82) is 0 Å². The highest BCUT2D eigenvalue weighted by Gasteiger charge is 2.12. The summed E-state index contributed by atoms with van der Waals surface area (Å²) in [6.45, 7) is 2.67. The molecule has 0 amide bonds. The molecule has 1 aliphatic rings. The first-order chi connectivity index (χ1) is 7.27. The van der Waals surface area contributed by atoms with Crippen molar-refractivity contribution in [2.24, 2.45) is 5.73 Å². The van der Waals surface area contributed by atoms with Crippen LogP contribution in [0.25, 0.3) is 0 Å². The van der Waals surface area contributed by atoms with Crippen LogP contribution in [0.1, 0.15) is 24.5 Å². The number of para-hydroxylation sites is 1. The van der Waals surface area contributed by atoms with E-state index in [9.17, 15) is 0 Å². The molecule has 1 heterocycles. The van der Waals surface area contributed by atoms with E-state index in [-0.39, 0.29) is 6.04 Å². The molecule has 2 heteroatoms. The van der Waals surface area contributed by atoms with Crippen molar-refractivity contribution in [1.82, 2.24) is 0 Å². The molecule has 15 heavy (non-hydrogen) atoms. The number of hydrogen-bond donors (Lipinski definition) is 1. The third kappa shape index (κ3) is 2.31. The lowest BCUT2D eigenvalue weighted by atomic mass is 10.0. The predicted molar refractivity (Wildman–Crippen MR) is 60.8 cm³/mol. The van der Waals surface area contributed by atoms with Crippen LogP contribution < -0.4 is 10.5 Å². The quantitative estimate of drug-likeness (QED) is 0.648. The molecule has 0 fully saturated rings. The van der Waals surface area contributed by atoms with Crippen molar-refractivity contribution < 1.29 is 4.74 Å². The summed E-state index contributed by atoms with van der Waals surface area (Å²) in [5.41, 5.74) is 7.83. The van der Waals surface area contributed by atoms with Crippen molar-refractivity contribution in [3.05, 3.63) is 29.3 Å². The second kappa shape index (κ2) is 4.37. The molecule has 0 bridgehead atoms. The second-order valence-corrected chi connectivity index (χ2v) is 3.80. The molecule has 0 spiro atoms. The Kier molecular flexibility index (Phi) is 2.94. The highest BCUT2D eigenvalue weighted by Crippen LogP contribution is 2.28. The van der Waals surface area contributed by atoms with Crippen molar-refractivity contribution >= 4 is 0 Å². The maximum atomic E-state index is 5.64. The lowest BCUT2D eigenvalue weighted by molar-refractivity contribution is 0.287. The molecule has 0 aliphatic carbocycles. The summed E-state index contributed by atoms with van der Waals surface area (Å²) in [7, 11) is 0. The van der Waals surface area contributed by atoms with E-state index in [1.807, 2.05) is 19.1 Å². The lowest BCUT2D eigenvalue weighted by Gasteiger charge is -2.18. The fraction of sp³-hybridized carbons (Fsp3) is 0.385. The van der Waals surface area contributed by atoms with Crippen molar-refractivity contribution in [2.75, 3.05) is 6.61 Å². The summed E-state index contributed by atoms with van der Waals surface area (Å²) in [5.74, 6) is 6.99. The van der Waals surface area contributed by atoms with E-state index in [1.165, 1.54) is 5.56 Å². The number of rotatable bonds is 0. The highest BCUT2D eigenvalue weighted by molar-refractivity contribution is 5.51. The predicted octanol–water partition coefficient (Wildman–Crippen LogP) is 1.71. The van der Waals surface area contributed by atoms with Gasteiger partial charge in [-0.3, -0.25) is 0 Å². The third-order valence-electron chi connectivity index (χ3n) is 2.37. The minimum Gasteiger partial charge on any atom is -0.492 e. The number of benzene rings is 1. The summed E-state index contributed by atoms with van der Waals surface area (Å²) in [5, 5.41) is 0. The van der Waals surface area contributed by atoms with Gasteiger partial charge in [0.05, 0.1) is 18.2 Å². The molecule has 0 saturated carbocycles. The topological polar surface area (TPSA) is 35.2 Å². The van der Waals surface area contributed by atoms with Crippen LogP contribution in [0, 0.1) is 11.8 Å². The summed E-state index contributed by atoms with van der Waals surface area (Å²) in [6, 6.07) is 6.02. The molecule has 0 saturated heterocycles. The minimum atomic E-state index is -0.0931. The van der Waals surface area contributed by atoms with Gasteiger partial charge in [0.2, 0.25) is 0 Å². The summed E-state index contributed by atoms with van der Waals surface area (Å²) in [6.07, 6.45) is 2.18. The van der Waals surface area contributed by atoms with Gasteiger partial charge in [0, 0.05) is 0 Å². The molecule has 1 aromatic carbocycles. The van der Waals surface area contributed by atoms with Crippen LogP contribution in [0.15, 0.2) is 18.2 Å². The Hall–Kier alpha value is -1.46. The minimum absolute atomic E-state index is 0.0931. The van der Waals surface area contributed by atoms with Gasteiger partial charge in [-0.05, 0) is 31.4 Å². The molecule has 2 nitrogen and oxygen atoms in total. The number of nitrogens with two attached hydrogens (primary N) is 1. The fourth-order valence-electron chi connectivity index (χ4n) is 1.68. The Morgan fingerprint density at radius 2 is 2.33 bits per heavy atom. The van der Waals surface area contributed by atoms with Crippen LogP contribution in [0.4, 0.5) is 0 Å². The molecule has 1 unspecified atom stereocenters. The van der Waals surface area contributed by atoms with Crippen LogP contribution in [0.2, 0.25) is 0 Å². The average Bonchev–Trinajstić information content (AvgIpc) is 2.26. The standard InChI is InChI=1S/C13H15NO/c1-10(14)7-8-12-5-2-4-11-6-3-9-15-13(11)12/h2,4-5,10H,3,6,9,14H2,1H3. The second-order valence-electron chi connectivity index (χ2n) is 3.80. The summed E-state index contributed by atoms with van der Waals surface area (Å²) < 4.78 is 5.64. The van der Waals surface area contributed by atoms with Crippen molar-refractivity contribution in [2.45, 2.75) is 25.8 Å². The highest BCUT2D eigenvalue weighted by atomic mass is 16.5. The zero-order valence-electron chi connectivity index (χ0n) is 8.92. The third-order valence-corrected chi connectivity index (χ3v) is 2.37. The van der Waals surface area contributed by atoms with E-state index in [0.717, 1.165) is 30.8 Å². The van der Waals surface area contributed by atoms with E-state index < -0.39 is 0 Å². The van der Waals surface area contributed by atoms with Gasteiger partial charge < -0.3 is 10.5 Å². The smallest absolute Gasteiger partial charge is 0.138 e. The van der Waals surface area contributed by atoms with Crippen LogP contribution in [0.3, 0.4) is 0 Å².